The van der Waals surface area contributed by atoms with Gasteiger partial charge in [0.2, 0.25) is 5.13 Å². The standard InChI is InChI=1S/C22H18F3N5O2S/c1-3-18-28-29-19(33-18)27-20(32)30(2)21(12-31,17-6-4-5-9-26-17)13-7-8-16(23)14(10-13)15-11-22(15,24)25/h1,4-10,15,31H,11-12H2,2H3,(H,27,29,32). The lowest BCUT2D eigenvalue weighted by atomic mass is 9.84. The van der Waals surface area contributed by atoms with Crippen LogP contribution in [0.1, 0.15) is 34.2 Å². The third-order valence-corrected chi connectivity index (χ3v) is 6.40. The Morgan fingerprint density at radius 3 is 2.73 bits per heavy atom. The minimum atomic E-state index is -3.00. The Kier molecular flexibility index (Phi) is 5.82. The zero-order valence-electron chi connectivity index (χ0n) is 17.3. The topological polar surface area (TPSA) is 91.2 Å². The third-order valence-electron chi connectivity index (χ3n) is 5.63. The van der Waals surface area contributed by atoms with E-state index < -0.39 is 42.3 Å². The highest BCUT2D eigenvalue weighted by molar-refractivity contribution is 7.15. The second-order valence-corrected chi connectivity index (χ2v) is 8.51. The largest absolute Gasteiger partial charge is 0.393 e. The summed E-state index contributed by atoms with van der Waals surface area (Å²) in [5.74, 6) is -2.73. The molecule has 1 fully saturated rings. The smallest absolute Gasteiger partial charge is 0.324 e. The van der Waals surface area contributed by atoms with Gasteiger partial charge in [0.15, 0.2) is 5.01 Å². The molecule has 170 valence electrons. The van der Waals surface area contributed by atoms with E-state index in [1.165, 1.54) is 25.4 Å². The molecule has 7 nitrogen and oxygen atoms in total. The van der Waals surface area contributed by atoms with Crippen molar-refractivity contribution in [3.05, 3.63) is 70.2 Å². The summed E-state index contributed by atoms with van der Waals surface area (Å²) in [4.78, 5) is 18.6. The maximum Gasteiger partial charge on any atom is 0.324 e. The van der Waals surface area contributed by atoms with Crippen molar-refractivity contribution in [2.24, 2.45) is 0 Å². The zero-order chi connectivity index (χ0) is 23.8. The SMILES string of the molecule is C#Cc1nnc(NC(=O)N(C)C(CO)(c2ccc(F)c(C3CC3(F)F)c2)c2ccccn2)s1. The summed E-state index contributed by atoms with van der Waals surface area (Å²) < 4.78 is 41.9. The van der Waals surface area contributed by atoms with Crippen LogP contribution in [-0.4, -0.2) is 50.8 Å². The van der Waals surface area contributed by atoms with Crippen LogP contribution in [0, 0.1) is 18.2 Å². The van der Waals surface area contributed by atoms with E-state index in [1.54, 1.807) is 18.2 Å². The highest BCUT2D eigenvalue weighted by atomic mass is 32.1. The molecule has 2 unspecified atom stereocenters. The Balaban J connectivity index is 1.79. The predicted octanol–water partition coefficient (Wildman–Crippen LogP) is 3.58. The number of pyridine rings is 1. The number of halogens is 3. The minimum absolute atomic E-state index is 0.130. The molecule has 0 spiro atoms. The number of nitrogens with zero attached hydrogens (tertiary/aromatic N) is 4. The van der Waals surface area contributed by atoms with E-state index in [0.717, 1.165) is 22.3 Å². The third kappa shape index (κ3) is 4.03. The molecule has 0 bridgehead atoms. The lowest BCUT2D eigenvalue weighted by Crippen LogP contribution is -2.52. The van der Waals surface area contributed by atoms with Gasteiger partial charge in [-0.1, -0.05) is 23.5 Å². The van der Waals surface area contributed by atoms with E-state index in [-0.39, 0.29) is 27.0 Å². The van der Waals surface area contributed by atoms with Crippen molar-refractivity contribution in [3.63, 3.8) is 0 Å². The van der Waals surface area contributed by atoms with Gasteiger partial charge in [-0.05, 0) is 41.3 Å². The average Bonchev–Trinajstić information content (AvgIpc) is 3.22. The number of likely N-dealkylation sites (N-methyl/N-ethyl adjacent to an activating group) is 1. The molecule has 3 aromatic rings. The molecular weight excluding hydrogens is 455 g/mol. The van der Waals surface area contributed by atoms with Gasteiger partial charge in [0, 0.05) is 19.7 Å². The quantitative estimate of drug-likeness (QED) is 0.534. The summed E-state index contributed by atoms with van der Waals surface area (Å²) in [6.07, 6.45) is 6.28. The molecule has 2 amide bonds. The highest BCUT2D eigenvalue weighted by Gasteiger charge is 2.58. The van der Waals surface area contributed by atoms with E-state index in [0.29, 0.717) is 0 Å². The predicted molar refractivity (Wildman–Crippen MR) is 115 cm³/mol. The first kappa shape index (κ1) is 22.7. The summed E-state index contributed by atoms with van der Waals surface area (Å²) in [7, 11) is 1.40. The van der Waals surface area contributed by atoms with Crippen LogP contribution >= 0.6 is 11.3 Å². The zero-order valence-corrected chi connectivity index (χ0v) is 18.1. The molecule has 1 aliphatic rings. The molecule has 0 radical (unpaired) electrons. The summed E-state index contributed by atoms with van der Waals surface area (Å²) in [5.41, 5.74) is -1.31. The fraction of sp³-hybridized carbons (Fsp3) is 0.273. The van der Waals surface area contributed by atoms with E-state index in [1.807, 2.05) is 0 Å². The van der Waals surface area contributed by atoms with Gasteiger partial charge in [0.25, 0.3) is 5.92 Å². The van der Waals surface area contributed by atoms with E-state index in [2.05, 4.69) is 26.4 Å². The first-order valence-corrected chi connectivity index (χ1v) is 10.6. The minimum Gasteiger partial charge on any atom is -0.393 e. The molecule has 2 N–H and O–H groups in total. The van der Waals surface area contributed by atoms with Gasteiger partial charge >= 0.3 is 6.03 Å². The Labute approximate surface area is 191 Å². The van der Waals surface area contributed by atoms with Crippen LogP contribution in [0.15, 0.2) is 42.6 Å². The second-order valence-electron chi connectivity index (χ2n) is 7.53. The van der Waals surface area contributed by atoms with Crippen molar-refractivity contribution >= 4 is 22.5 Å². The lowest BCUT2D eigenvalue weighted by molar-refractivity contribution is 0.101. The van der Waals surface area contributed by atoms with Crippen LogP contribution in [0.2, 0.25) is 0 Å². The van der Waals surface area contributed by atoms with Crippen molar-refractivity contribution in [1.82, 2.24) is 20.1 Å². The maximum absolute atomic E-state index is 14.4. The number of carbonyl (C=O) groups excluding carboxylic acids is 1. The van der Waals surface area contributed by atoms with Gasteiger partial charge in [-0.2, -0.15) is 0 Å². The number of carbonyl (C=O) groups is 1. The molecule has 33 heavy (non-hydrogen) atoms. The Bertz CT molecular complexity index is 1230. The number of amides is 2. The molecular formula is C22H18F3N5O2S. The molecule has 11 heteroatoms. The molecule has 2 aromatic heterocycles. The number of urea groups is 1. The number of terminal acetylenes is 1. The highest BCUT2D eigenvalue weighted by Crippen LogP contribution is 2.56. The average molecular weight is 473 g/mol. The number of rotatable bonds is 6. The first-order chi connectivity index (χ1) is 15.7. The summed E-state index contributed by atoms with van der Waals surface area (Å²) >= 11 is 0.977. The normalized spacial score (nSPS) is 18.1. The first-order valence-electron chi connectivity index (χ1n) is 9.78. The molecule has 0 aliphatic heterocycles. The summed E-state index contributed by atoms with van der Waals surface area (Å²) in [6, 6.07) is 7.85. The van der Waals surface area contributed by atoms with Crippen LogP contribution in [-0.2, 0) is 5.54 Å². The molecule has 4 rings (SSSR count). The van der Waals surface area contributed by atoms with Crippen LogP contribution < -0.4 is 5.32 Å². The molecule has 2 heterocycles. The number of benzene rings is 1. The number of anilines is 1. The number of hydrogen-bond acceptors (Lipinski definition) is 6. The van der Waals surface area contributed by atoms with Crippen molar-refractivity contribution < 1.29 is 23.1 Å². The molecule has 2 atom stereocenters. The Hall–Kier alpha value is -3.49. The Morgan fingerprint density at radius 2 is 2.15 bits per heavy atom. The van der Waals surface area contributed by atoms with Crippen molar-refractivity contribution in [3.8, 4) is 12.3 Å². The maximum atomic E-state index is 14.4. The molecule has 1 aromatic carbocycles. The fourth-order valence-corrected chi connectivity index (χ4v) is 4.24. The van der Waals surface area contributed by atoms with Gasteiger partial charge in [0.1, 0.15) is 11.4 Å². The monoisotopic (exact) mass is 473 g/mol. The Morgan fingerprint density at radius 1 is 1.39 bits per heavy atom. The molecule has 0 saturated heterocycles. The number of aromatic nitrogens is 3. The second kappa shape index (κ2) is 8.46. The molecule has 1 aliphatic carbocycles. The van der Waals surface area contributed by atoms with Gasteiger partial charge in [-0.15, -0.1) is 16.6 Å². The lowest BCUT2D eigenvalue weighted by Gasteiger charge is -2.40. The van der Waals surface area contributed by atoms with E-state index in [9.17, 15) is 23.1 Å². The number of alkyl halides is 2. The van der Waals surface area contributed by atoms with Crippen molar-refractivity contribution in [1.29, 1.82) is 0 Å². The summed E-state index contributed by atoms with van der Waals surface area (Å²) in [5, 5.41) is 21.0. The number of nitrogens with one attached hydrogen (secondary N) is 1. The fourth-order valence-electron chi connectivity index (χ4n) is 3.70. The van der Waals surface area contributed by atoms with Crippen molar-refractivity contribution in [2.75, 3.05) is 19.0 Å². The van der Waals surface area contributed by atoms with E-state index >= 15 is 0 Å². The van der Waals surface area contributed by atoms with Crippen LogP contribution in [0.5, 0.6) is 0 Å². The number of hydrogen-bond donors (Lipinski definition) is 2. The van der Waals surface area contributed by atoms with Gasteiger partial charge < -0.3 is 10.0 Å². The van der Waals surface area contributed by atoms with Crippen LogP contribution in [0.4, 0.5) is 23.1 Å². The summed E-state index contributed by atoms with van der Waals surface area (Å²) in [6.45, 7) is -0.661. The number of aliphatic hydroxyl groups is 1. The molecule has 1 saturated carbocycles. The van der Waals surface area contributed by atoms with Gasteiger partial charge in [-0.25, -0.2) is 18.0 Å². The van der Waals surface area contributed by atoms with Crippen LogP contribution in [0.3, 0.4) is 0 Å². The van der Waals surface area contributed by atoms with Gasteiger partial charge in [-0.3, -0.25) is 10.3 Å². The van der Waals surface area contributed by atoms with Gasteiger partial charge in [0.05, 0.1) is 18.2 Å². The van der Waals surface area contributed by atoms with Crippen molar-refractivity contribution in [2.45, 2.75) is 23.8 Å². The number of aliphatic hydroxyl groups excluding tert-OH is 1. The van der Waals surface area contributed by atoms with E-state index in [4.69, 9.17) is 6.42 Å². The van der Waals surface area contributed by atoms with Crippen LogP contribution in [0.25, 0.3) is 0 Å².